The van der Waals surface area contributed by atoms with Crippen LogP contribution in [0.25, 0.3) is 0 Å². The summed E-state index contributed by atoms with van der Waals surface area (Å²) in [5.74, 6) is 1.29. The van der Waals surface area contributed by atoms with E-state index in [9.17, 15) is 0 Å². The molecule has 1 N–H and O–H groups in total. The molecule has 0 amide bonds. The molecule has 3 nitrogen and oxygen atoms in total. The Morgan fingerprint density at radius 2 is 1.79 bits per heavy atom. The number of rotatable bonds is 9. The molecule has 0 aliphatic heterocycles. The maximum absolute atomic E-state index is 6.33. The van der Waals surface area contributed by atoms with Gasteiger partial charge in [0.15, 0.2) is 11.5 Å². The van der Waals surface area contributed by atoms with Crippen LogP contribution >= 0.6 is 23.2 Å². The van der Waals surface area contributed by atoms with Crippen LogP contribution in [0, 0.1) is 0 Å². The number of ether oxygens (including phenoxy) is 2. The van der Waals surface area contributed by atoms with Gasteiger partial charge in [0.05, 0.1) is 18.7 Å². The van der Waals surface area contributed by atoms with E-state index in [0.717, 1.165) is 36.5 Å². The number of benzene rings is 2. The van der Waals surface area contributed by atoms with Gasteiger partial charge in [0.1, 0.15) is 0 Å². The van der Waals surface area contributed by atoms with Crippen molar-refractivity contribution in [3.8, 4) is 11.5 Å². The zero-order valence-electron chi connectivity index (χ0n) is 14.1. The lowest BCUT2D eigenvalue weighted by Crippen LogP contribution is -2.16. The minimum Gasteiger partial charge on any atom is -0.493 e. The van der Waals surface area contributed by atoms with E-state index >= 15 is 0 Å². The van der Waals surface area contributed by atoms with Crippen LogP contribution in [0.3, 0.4) is 0 Å². The molecule has 0 radical (unpaired) electrons. The van der Waals surface area contributed by atoms with Gasteiger partial charge in [-0.2, -0.15) is 0 Å². The molecule has 2 rings (SSSR count). The summed E-state index contributed by atoms with van der Waals surface area (Å²) in [6.45, 7) is 4.27. The van der Waals surface area contributed by atoms with Crippen molar-refractivity contribution in [1.29, 1.82) is 0 Å². The maximum Gasteiger partial charge on any atom is 0.179 e. The highest BCUT2D eigenvalue weighted by Crippen LogP contribution is 2.36. The van der Waals surface area contributed by atoms with Crippen LogP contribution < -0.4 is 14.8 Å². The van der Waals surface area contributed by atoms with E-state index < -0.39 is 0 Å². The fraction of sp³-hybridized carbons (Fsp3) is 0.368. The fourth-order valence-corrected chi connectivity index (χ4v) is 2.75. The van der Waals surface area contributed by atoms with Gasteiger partial charge in [0, 0.05) is 11.6 Å². The van der Waals surface area contributed by atoms with Crippen LogP contribution in [0.2, 0.25) is 10.0 Å². The zero-order chi connectivity index (χ0) is 17.4. The first kappa shape index (κ1) is 18.9. The summed E-state index contributed by atoms with van der Waals surface area (Å²) in [5, 5.41) is 4.76. The lowest BCUT2D eigenvalue weighted by atomic mass is 10.1. The average molecular weight is 368 g/mol. The van der Waals surface area contributed by atoms with Gasteiger partial charge in [-0.15, -0.1) is 0 Å². The molecule has 0 aliphatic carbocycles. The van der Waals surface area contributed by atoms with E-state index in [2.05, 4.69) is 12.2 Å². The summed E-state index contributed by atoms with van der Waals surface area (Å²) in [6, 6.07) is 11.8. The Balaban J connectivity index is 1.90. The molecule has 2 aromatic rings. The molecule has 5 heteroatoms. The molecule has 0 atom stereocenters. The van der Waals surface area contributed by atoms with Crippen LogP contribution in [-0.2, 0) is 13.0 Å². The molecule has 0 fully saturated rings. The summed E-state index contributed by atoms with van der Waals surface area (Å²) >= 11 is 12.2. The third-order valence-electron chi connectivity index (χ3n) is 3.57. The van der Waals surface area contributed by atoms with E-state index in [4.69, 9.17) is 32.7 Å². The summed E-state index contributed by atoms with van der Waals surface area (Å²) in [6.07, 6.45) is 1.87. The highest BCUT2D eigenvalue weighted by atomic mass is 35.5. The van der Waals surface area contributed by atoms with E-state index in [-0.39, 0.29) is 0 Å². The lowest BCUT2D eigenvalue weighted by molar-refractivity contribution is 0.294. The first-order valence-electron chi connectivity index (χ1n) is 8.08. The highest BCUT2D eigenvalue weighted by Gasteiger charge is 2.11. The molecule has 0 bridgehead atoms. The van der Waals surface area contributed by atoms with Gasteiger partial charge >= 0.3 is 0 Å². The Morgan fingerprint density at radius 3 is 2.46 bits per heavy atom. The Labute approximate surface area is 153 Å². The fourth-order valence-electron chi connectivity index (χ4n) is 2.34. The molecule has 0 aliphatic rings. The Hall–Kier alpha value is -1.42. The standard InChI is InChI=1S/C19H23Cl2NO2/c1-3-10-24-19-17(21)11-15(12-18(19)23-2)13-22-9-8-14-4-6-16(20)7-5-14/h4-7,11-12,22H,3,8-10,13H2,1-2H3. The van der Waals surface area contributed by atoms with Gasteiger partial charge in [-0.25, -0.2) is 0 Å². The van der Waals surface area contributed by atoms with Crippen molar-refractivity contribution in [3.05, 3.63) is 57.6 Å². The van der Waals surface area contributed by atoms with Gasteiger partial charge in [0.2, 0.25) is 0 Å². The van der Waals surface area contributed by atoms with Crippen molar-refractivity contribution >= 4 is 23.2 Å². The third-order valence-corrected chi connectivity index (χ3v) is 4.11. The normalized spacial score (nSPS) is 10.7. The van der Waals surface area contributed by atoms with Crippen molar-refractivity contribution in [1.82, 2.24) is 5.32 Å². The predicted octanol–water partition coefficient (Wildman–Crippen LogP) is 5.12. The van der Waals surface area contributed by atoms with Crippen LogP contribution in [-0.4, -0.2) is 20.3 Å². The summed E-state index contributed by atoms with van der Waals surface area (Å²) in [4.78, 5) is 0. The molecule has 130 valence electrons. The molecular formula is C19H23Cl2NO2. The molecule has 24 heavy (non-hydrogen) atoms. The SMILES string of the molecule is CCCOc1c(Cl)cc(CNCCc2ccc(Cl)cc2)cc1OC. The number of nitrogens with one attached hydrogen (secondary N) is 1. The second-order valence-electron chi connectivity index (χ2n) is 5.51. The van der Waals surface area contributed by atoms with Crippen LogP contribution in [0.5, 0.6) is 11.5 Å². The number of methoxy groups -OCH3 is 1. The summed E-state index contributed by atoms with van der Waals surface area (Å²) in [7, 11) is 1.63. The van der Waals surface area contributed by atoms with Crippen molar-refractivity contribution in [3.63, 3.8) is 0 Å². The lowest BCUT2D eigenvalue weighted by Gasteiger charge is -2.14. The smallest absolute Gasteiger partial charge is 0.179 e. The number of halogens is 2. The quantitative estimate of drug-likeness (QED) is 0.623. The molecular weight excluding hydrogens is 345 g/mol. The van der Waals surface area contributed by atoms with Crippen molar-refractivity contribution in [2.24, 2.45) is 0 Å². The van der Waals surface area contributed by atoms with Crippen LogP contribution in [0.15, 0.2) is 36.4 Å². The first-order valence-corrected chi connectivity index (χ1v) is 8.84. The van der Waals surface area contributed by atoms with E-state index in [1.807, 2.05) is 36.4 Å². The highest BCUT2D eigenvalue weighted by molar-refractivity contribution is 6.32. The molecule has 0 saturated carbocycles. The largest absolute Gasteiger partial charge is 0.493 e. The second kappa shape index (κ2) is 9.77. The van der Waals surface area contributed by atoms with E-state index in [1.165, 1.54) is 5.56 Å². The molecule has 0 unspecified atom stereocenters. The van der Waals surface area contributed by atoms with E-state index in [0.29, 0.717) is 23.1 Å². The average Bonchev–Trinajstić information content (AvgIpc) is 2.59. The zero-order valence-corrected chi connectivity index (χ0v) is 15.6. The first-order chi connectivity index (χ1) is 11.6. The number of hydrogen-bond donors (Lipinski definition) is 1. The maximum atomic E-state index is 6.33. The Morgan fingerprint density at radius 1 is 1.04 bits per heavy atom. The second-order valence-corrected chi connectivity index (χ2v) is 6.35. The molecule has 0 saturated heterocycles. The monoisotopic (exact) mass is 367 g/mol. The summed E-state index contributed by atoms with van der Waals surface area (Å²) in [5.41, 5.74) is 2.32. The predicted molar refractivity (Wildman–Crippen MR) is 101 cm³/mol. The molecule has 0 heterocycles. The van der Waals surface area contributed by atoms with Gasteiger partial charge in [-0.1, -0.05) is 42.3 Å². The Bertz CT molecular complexity index is 645. The van der Waals surface area contributed by atoms with Crippen LogP contribution in [0.1, 0.15) is 24.5 Å². The van der Waals surface area contributed by atoms with Gasteiger partial charge in [0.25, 0.3) is 0 Å². The van der Waals surface area contributed by atoms with Gasteiger partial charge < -0.3 is 14.8 Å². The van der Waals surface area contributed by atoms with Crippen molar-refractivity contribution < 1.29 is 9.47 Å². The molecule has 0 aromatic heterocycles. The van der Waals surface area contributed by atoms with E-state index in [1.54, 1.807) is 7.11 Å². The minimum absolute atomic E-state index is 0.581. The summed E-state index contributed by atoms with van der Waals surface area (Å²) < 4.78 is 11.1. The van der Waals surface area contributed by atoms with Crippen molar-refractivity contribution in [2.75, 3.05) is 20.3 Å². The van der Waals surface area contributed by atoms with Crippen molar-refractivity contribution in [2.45, 2.75) is 26.3 Å². The minimum atomic E-state index is 0.581. The molecule has 2 aromatic carbocycles. The topological polar surface area (TPSA) is 30.5 Å². The Kier molecular flexibility index (Phi) is 7.70. The van der Waals surface area contributed by atoms with Gasteiger partial charge in [-0.3, -0.25) is 0 Å². The van der Waals surface area contributed by atoms with Gasteiger partial charge in [-0.05, 0) is 54.8 Å². The van der Waals surface area contributed by atoms with Crippen LogP contribution in [0.4, 0.5) is 0 Å². The third kappa shape index (κ3) is 5.59. The number of hydrogen-bond acceptors (Lipinski definition) is 3. The molecule has 0 spiro atoms.